The largest absolute Gasteiger partial charge is 0.323 e. The molecule has 2 atom stereocenters. The van der Waals surface area contributed by atoms with Crippen molar-refractivity contribution in [3.8, 4) is 11.1 Å². The highest BCUT2D eigenvalue weighted by Crippen LogP contribution is 2.23. The molecule has 3 heteroatoms. The molecule has 0 aromatic heterocycles. The zero-order valence-corrected chi connectivity index (χ0v) is 13.7. The van der Waals surface area contributed by atoms with Crippen LogP contribution in [0.1, 0.15) is 32.4 Å². The van der Waals surface area contributed by atoms with E-state index < -0.39 is 10.8 Å². The van der Waals surface area contributed by atoms with Crippen LogP contribution < -0.4 is 5.73 Å². The van der Waals surface area contributed by atoms with Crippen LogP contribution in [0, 0.1) is 0 Å². The summed E-state index contributed by atoms with van der Waals surface area (Å²) in [7, 11) is -0.934. The van der Waals surface area contributed by atoms with Crippen LogP contribution in [-0.4, -0.2) is 14.7 Å². The van der Waals surface area contributed by atoms with Gasteiger partial charge in [-0.25, -0.2) is 0 Å². The minimum atomic E-state index is -0.934. The quantitative estimate of drug-likeness (QED) is 0.930. The first-order chi connectivity index (χ1) is 9.88. The van der Waals surface area contributed by atoms with Gasteiger partial charge in [0.1, 0.15) is 0 Å². The molecule has 0 saturated heterocycles. The molecule has 0 fully saturated rings. The maximum absolute atomic E-state index is 12.2. The van der Waals surface area contributed by atoms with Crippen LogP contribution in [0.15, 0.2) is 54.6 Å². The Kier molecular flexibility index (Phi) is 4.96. The second-order valence-corrected chi connectivity index (χ2v) is 8.47. The summed E-state index contributed by atoms with van der Waals surface area (Å²) >= 11 is 0. The lowest BCUT2D eigenvalue weighted by Crippen LogP contribution is -2.29. The molecule has 2 nitrogen and oxygen atoms in total. The fourth-order valence-electron chi connectivity index (χ4n) is 2.06. The number of benzene rings is 2. The predicted octanol–water partition coefficient (Wildman–Crippen LogP) is 3.90. The molecule has 0 aliphatic carbocycles. The van der Waals surface area contributed by atoms with Crippen molar-refractivity contribution in [3.63, 3.8) is 0 Å². The van der Waals surface area contributed by atoms with Crippen molar-refractivity contribution in [3.05, 3.63) is 60.2 Å². The molecule has 2 aromatic rings. The van der Waals surface area contributed by atoms with Crippen molar-refractivity contribution in [2.24, 2.45) is 5.73 Å². The molecule has 0 aliphatic heterocycles. The van der Waals surface area contributed by atoms with Crippen LogP contribution in [0.4, 0.5) is 0 Å². The fraction of sp³-hybridized carbons (Fsp3) is 0.333. The molecule has 0 radical (unpaired) electrons. The maximum atomic E-state index is 12.2. The molecule has 112 valence electrons. The topological polar surface area (TPSA) is 43.1 Å². The maximum Gasteiger partial charge on any atom is 0.0433 e. The minimum Gasteiger partial charge on any atom is -0.323 e. The zero-order valence-electron chi connectivity index (χ0n) is 12.9. The SMILES string of the molecule is CC(C)(C)S(=O)CC(N)c1ccc(-c2ccccc2)cc1. The molecule has 21 heavy (non-hydrogen) atoms. The number of rotatable bonds is 4. The normalized spacial score (nSPS) is 14.7. The average Bonchev–Trinajstić information content (AvgIpc) is 2.47. The smallest absolute Gasteiger partial charge is 0.0433 e. The summed E-state index contributed by atoms with van der Waals surface area (Å²) in [4.78, 5) is 0. The van der Waals surface area contributed by atoms with Crippen molar-refractivity contribution < 1.29 is 4.21 Å². The minimum absolute atomic E-state index is 0.185. The van der Waals surface area contributed by atoms with Crippen molar-refractivity contribution >= 4 is 10.8 Å². The molecule has 0 aliphatic rings. The van der Waals surface area contributed by atoms with E-state index in [1.807, 2.05) is 51.1 Å². The Labute approximate surface area is 129 Å². The molecule has 0 heterocycles. The lowest BCUT2D eigenvalue weighted by Gasteiger charge is -2.21. The molecule has 2 unspecified atom stereocenters. The monoisotopic (exact) mass is 301 g/mol. The third-order valence-corrected chi connectivity index (χ3v) is 5.49. The third-order valence-electron chi connectivity index (χ3n) is 3.46. The number of hydrogen-bond acceptors (Lipinski definition) is 2. The Balaban J connectivity index is 2.10. The molecule has 2 rings (SSSR count). The highest BCUT2D eigenvalue weighted by atomic mass is 32.2. The van der Waals surface area contributed by atoms with Gasteiger partial charge in [-0.1, -0.05) is 54.6 Å². The van der Waals surface area contributed by atoms with Crippen LogP contribution in [0.5, 0.6) is 0 Å². The standard InChI is InChI=1S/C18H23NOS/c1-18(2,3)21(20)13-17(19)16-11-9-15(10-12-16)14-7-5-4-6-8-14/h4-12,17H,13,19H2,1-3H3. The summed E-state index contributed by atoms with van der Waals surface area (Å²) in [5.74, 6) is 0.494. The van der Waals surface area contributed by atoms with Gasteiger partial charge >= 0.3 is 0 Å². The first-order valence-corrected chi connectivity index (χ1v) is 8.49. The van der Waals surface area contributed by atoms with E-state index in [1.54, 1.807) is 0 Å². The lowest BCUT2D eigenvalue weighted by atomic mass is 10.0. The Morgan fingerprint density at radius 1 is 0.952 bits per heavy atom. The zero-order chi connectivity index (χ0) is 15.5. The Morgan fingerprint density at radius 2 is 1.48 bits per heavy atom. The summed E-state index contributed by atoms with van der Waals surface area (Å²) in [5, 5.41) is 0. The summed E-state index contributed by atoms with van der Waals surface area (Å²) in [6.45, 7) is 5.94. The second kappa shape index (κ2) is 6.54. The number of hydrogen-bond donors (Lipinski definition) is 1. The van der Waals surface area contributed by atoms with Crippen molar-refractivity contribution in [2.75, 3.05) is 5.75 Å². The van der Waals surface area contributed by atoms with Crippen LogP contribution in [0.2, 0.25) is 0 Å². The number of nitrogens with two attached hydrogens (primary N) is 1. The Bertz CT molecular complexity index is 599. The van der Waals surface area contributed by atoms with Gasteiger partial charge < -0.3 is 5.73 Å². The summed E-state index contributed by atoms with van der Waals surface area (Å²) in [5.41, 5.74) is 9.58. The summed E-state index contributed by atoms with van der Waals surface area (Å²) in [6.07, 6.45) is 0. The van der Waals surface area contributed by atoms with Gasteiger partial charge in [0, 0.05) is 27.3 Å². The van der Waals surface area contributed by atoms with E-state index in [9.17, 15) is 4.21 Å². The van der Waals surface area contributed by atoms with Crippen LogP contribution in [-0.2, 0) is 10.8 Å². The van der Waals surface area contributed by atoms with Crippen LogP contribution in [0.25, 0.3) is 11.1 Å². The van der Waals surface area contributed by atoms with Gasteiger partial charge in [0.15, 0.2) is 0 Å². The molecular weight excluding hydrogens is 278 g/mol. The highest BCUT2D eigenvalue weighted by Gasteiger charge is 2.22. The third kappa shape index (κ3) is 4.26. The molecule has 0 saturated carbocycles. The van der Waals surface area contributed by atoms with Crippen LogP contribution >= 0.6 is 0 Å². The van der Waals surface area contributed by atoms with E-state index >= 15 is 0 Å². The van der Waals surface area contributed by atoms with Crippen LogP contribution in [0.3, 0.4) is 0 Å². The van der Waals surface area contributed by atoms with Gasteiger partial charge in [-0.15, -0.1) is 0 Å². The Morgan fingerprint density at radius 3 is 2.00 bits per heavy atom. The molecule has 2 N–H and O–H groups in total. The molecule has 0 bridgehead atoms. The molecule has 2 aromatic carbocycles. The first-order valence-electron chi connectivity index (χ1n) is 7.17. The van der Waals surface area contributed by atoms with E-state index in [0.717, 1.165) is 5.56 Å². The summed E-state index contributed by atoms with van der Waals surface area (Å²) in [6, 6.07) is 18.3. The van der Waals surface area contributed by atoms with E-state index in [2.05, 4.69) is 24.3 Å². The Hall–Kier alpha value is -1.45. The predicted molar refractivity (Wildman–Crippen MR) is 91.6 cm³/mol. The van der Waals surface area contributed by atoms with E-state index in [1.165, 1.54) is 11.1 Å². The van der Waals surface area contributed by atoms with Gasteiger partial charge in [-0.2, -0.15) is 0 Å². The molecule has 0 spiro atoms. The van der Waals surface area contributed by atoms with Gasteiger partial charge in [0.25, 0.3) is 0 Å². The average molecular weight is 301 g/mol. The lowest BCUT2D eigenvalue weighted by molar-refractivity contribution is 0.640. The van der Waals surface area contributed by atoms with E-state index in [0.29, 0.717) is 5.75 Å². The molecular formula is C18H23NOS. The van der Waals surface area contributed by atoms with Crippen molar-refractivity contribution in [1.82, 2.24) is 0 Å². The highest BCUT2D eigenvalue weighted by molar-refractivity contribution is 7.86. The molecule has 0 amide bonds. The van der Waals surface area contributed by atoms with Crippen molar-refractivity contribution in [1.29, 1.82) is 0 Å². The second-order valence-electron chi connectivity index (χ2n) is 6.22. The fourth-order valence-corrected chi connectivity index (χ4v) is 3.08. The van der Waals surface area contributed by atoms with Gasteiger partial charge in [-0.05, 0) is 37.5 Å². The van der Waals surface area contributed by atoms with Gasteiger partial charge in [0.05, 0.1) is 0 Å². The summed E-state index contributed by atoms with van der Waals surface area (Å²) < 4.78 is 11.9. The van der Waals surface area contributed by atoms with Crippen molar-refractivity contribution in [2.45, 2.75) is 31.6 Å². The van der Waals surface area contributed by atoms with Gasteiger partial charge in [0.2, 0.25) is 0 Å². The van der Waals surface area contributed by atoms with E-state index in [-0.39, 0.29) is 10.8 Å². The van der Waals surface area contributed by atoms with Gasteiger partial charge in [-0.3, -0.25) is 4.21 Å². The van der Waals surface area contributed by atoms with E-state index in [4.69, 9.17) is 5.73 Å². The first kappa shape index (κ1) is 15.9.